The minimum Gasteiger partial charge on any atom is -0.497 e. The van der Waals surface area contributed by atoms with Crippen LogP contribution in [0.1, 0.15) is 53.7 Å². The summed E-state index contributed by atoms with van der Waals surface area (Å²) in [7, 11) is 3.35. The number of nitrogens with zero attached hydrogens (tertiary/aromatic N) is 4. The average Bonchev–Trinajstić information content (AvgIpc) is 3.19. The van der Waals surface area contributed by atoms with Crippen LogP contribution in [0.3, 0.4) is 0 Å². The van der Waals surface area contributed by atoms with Gasteiger partial charge in [0.1, 0.15) is 17.0 Å². The highest BCUT2D eigenvalue weighted by Gasteiger charge is 2.46. The van der Waals surface area contributed by atoms with E-state index in [1.165, 1.54) is 16.0 Å². The van der Waals surface area contributed by atoms with Crippen LogP contribution in [0, 0.1) is 0 Å². The zero-order chi connectivity index (χ0) is 38.6. The first-order valence-corrected chi connectivity index (χ1v) is 18.8. The summed E-state index contributed by atoms with van der Waals surface area (Å²) in [6.45, 7) is 18.9. The maximum Gasteiger partial charge on any atom is 0.260 e. The summed E-state index contributed by atoms with van der Waals surface area (Å²) in [4.78, 5) is 34.9. The predicted octanol–water partition coefficient (Wildman–Crippen LogP) is 7.86. The number of carbonyl (C=O) groups is 2. The van der Waals surface area contributed by atoms with Gasteiger partial charge < -0.3 is 9.47 Å². The van der Waals surface area contributed by atoms with Gasteiger partial charge in [-0.15, -0.1) is 13.2 Å². The van der Waals surface area contributed by atoms with Gasteiger partial charge in [-0.2, -0.15) is 0 Å². The first-order valence-electron chi connectivity index (χ1n) is 18.8. The van der Waals surface area contributed by atoms with E-state index in [9.17, 15) is 9.59 Å². The molecule has 0 unspecified atom stereocenters. The summed E-state index contributed by atoms with van der Waals surface area (Å²) in [6.07, 6.45) is 5.28. The molecule has 2 aliphatic rings. The number of rotatable bonds is 13. The molecule has 6 rings (SSSR count). The molecule has 2 saturated heterocycles. The standard InChI is InChI=1S/C23H26N2O3.C23H30N2O/c1-4-14-23(2)22(27)25(21(26)19-8-6-5-7-9-19)16-15-24(23)17-18-10-12-20(28-3)13-11-18;1-4-14-23(2)19-24(17-20-8-6-5-7-9-20)15-16-25(23)18-21-10-12-22(26-3)13-11-21/h4-13H,1,14-17H2,2-3H3;4-13H,1,14-19H2,2-3H3/t2*23-/m00/s1. The van der Waals surface area contributed by atoms with Crippen LogP contribution < -0.4 is 9.47 Å². The van der Waals surface area contributed by atoms with E-state index >= 15 is 0 Å². The Balaban J connectivity index is 0.000000208. The van der Waals surface area contributed by atoms with Crippen molar-refractivity contribution in [3.8, 4) is 11.5 Å². The fourth-order valence-electron chi connectivity index (χ4n) is 7.52. The SMILES string of the molecule is C=CC[C@@]1(C)C(=O)N(C(=O)c2ccccc2)CCN1Cc1ccc(OC)cc1.C=CC[C@@]1(C)CN(Cc2ccccc2)CCN1Cc1ccc(OC)cc1. The smallest absolute Gasteiger partial charge is 0.260 e. The lowest BCUT2D eigenvalue weighted by atomic mass is 9.90. The van der Waals surface area contributed by atoms with Crippen molar-refractivity contribution in [2.24, 2.45) is 0 Å². The molecule has 284 valence electrons. The Bertz CT molecular complexity index is 1820. The predicted molar refractivity (Wildman–Crippen MR) is 217 cm³/mol. The van der Waals surface area contributed by atoms with E-state index in [0.29, 0.717) is 31.6 Å². The van der Waals surface area contributed by atoms with Crippen molar-refractivity contribution in [2.45, 2.75) is 57.4 Å². The summed E-state index contributed by atoms with van der Waals surface area (Å²) in [5, 5.41) is 0. The summed E-state index contributed by atoms with van der Waals surface area (Å²) < 4.78 is 10.5. The molecule has 0 radical (unpaired) electrons. The van der Waals surface area contributed by atoms with Crippen LogP contribution in [0.4, 0.5) is 0 Å². The monoisotopic (exact) mass is 728 g/mol. The first kappa shape index (κ1) is 40.2. The molecule has 2 amide bonds. The van der Waals surface area contributed by atoms with Gasteiger partial charge in [-0.3, -0.25) is 29.2 Å². The maximum atomic E-state index is 13.3. The van der Waals surface area contributed by atoms with Crippen LogP contribution in [0.15, 0.2) is 135 Å². The number of piperazine rings is 2. The largest absolute Gasteiger partial charge is 0.497 e. The molecule has 2 aliphatic heterocycles. The minimum atomic E-state index is -0.815. The van der Waals surface area contributed by atoms with Crippen LogP contribution in [0.5, 0.6) is 11.5 Å². The van der Waals surface area contributed by atoms with Gasteiger partial charge in [0.05, 0.1) is 14.2 Å². The normalized spacial score (nSPS) is 20.7. The van der Waals surface area contributed by atoms with Crippen molar-refractivity contribution in [1.29, 1.82) is 0 Å². The lowest BCUT2D eigenvalue weighted by Crippen LogP contribution is -2.65. The first-order chi connectivity index (χ1) is 26.1. The number of amides is 2. The van der Waals surface area contributed by atoms with Crippen LogP contribution >= 0.6 is 0 Å². The maximum absolute atomic E-state index is 13.3. The quantitative estimate of drug-likeness (QED) is 0.103. The van der Waals surface area contributed by atoms with E-state index in [1.54, 1.807) is 44.6 Å². The van der Waals surface area contributed by atoms with Crippen LogP contribution in [0.2, 0.25) is 0 Å². The average molecular weight is 729 g/mol. The summed E-state index contributed by atoms with van der Waals surface area (Å²) in [6, 6.07) is 36.0. The van der Waals surface area contributed by atoms with Crippen molar-refractivity contribution >= 4 is 11.8 Å². The number of hydrogen-bond acceptors (Lipinski definition) is 7. The molecule has 4 aromatic carbocycles. The third-order valence-electron chi connectivity index (χ3n) is 10.7. The van der Waals surface area contributed by atoms with E-state index in [-0.39, 0.29) is 17.4 Å². The fraction of sp³-hybridized carbons (Fsp3) is 0.348. The van der Waals surface area contributed by atoms with Gasteiger partial charge in [0.15, 0.2) is 0 Å². The molecule has 0 spiro atoms. The van der Waals surface area contributed by atoms with Gasteiger partial charge in [-0.25, -0.2) is 0 Å². The Morgan fingerprint density at radius 3 is 1.69 bits per heavy atom. The lowest BCUT2D eigenvalue weighted by Gasteiger charge is -2.49. The highest BCUT2D eigenvalue weighted by molar-refractivity contribution is 6.07. The second kappa shape index (κ2) is 18.8. The molecule has 8 heteroatoms. The molecule has 2 heterocycles. The van der Waals surface area contributed by atoms with Crippen LogP contribution in [-0.4, -0.2) is 89.4 Å². The molecular formula is C46H56N4O4. The Morgan fingerprint density at radius 1 is 0.648 bits per heavy atom. The Hall–Kier alpha value is -5.02. The fourth-order valence-corrected chi connectivity index (χ4v) is 7.52. The topological polar surface area (TPSA) is 65.6 Å². The molecule has 8 nitrogen and oxygen atoms in total. The summed E-state index contributed by atoms with van der Waals surface area (Å²) >= 11 is 0. The molecule has 4 aromatic rings. The van der Waals surface area contributed by atoms with Gasteiger partial charge in [0.2, 0.25) is 5.91 Å². The van der Waals surface area contributed by atoms with E-state index < -0.39 is 5.54 Å². The Morgan fingerprint density at radius 2 is 1.15 bits per heavy atom. The van der Waals surface area contributed by atoms with Crippen LogP contribution in [0.25, 0.3) is 0 Å². The molecule has 0 saturated carbocycles. The van der Waals surface area contributed by atoms with Crippen molar-refractivity contribution in [3.63, 3.8) is 0 Å². The third-order valence-corrected chi connectivity index (χ3v) is 10.7. The number of carbonyl (C=O) groups excluding carboxylic acids is 2. The lowest BCUT2D eigenvalue weighted by molar-refractivity contribution is -0.147. The molecular weight excluding hydrogens is 673 g/mol. The second-order valence-corrected chi connectivity index (χ2v) is 14.6. The van der Waals surface area contributed by atoms with Crippen molar-refractivity contribution in [1.82, 2.24) is 19.6 Å². The van der Waals surface area contributed by atoms with Crippen molar-refractivity contribution in [3.05, 3.63) is 157 Å². The molecule has 0 bridgehead atoms. The molecule has 2 fully saturated rings. The van der Waals surface area contributed by atoms with Gasteiger partial charge in [0, 0.05) is 63.5 Å². The molecule has 0 aromatic heterocycles. The number of methoxy groups -OCH3 is 2. The number of benzene rings is 4. The minimum absolute atomic E-state index is 0.106. The zero-order valence-corrected chi connectivity index (χ0v) is 32.5. The third kappa shape index (κ3) is 9.94. The molecule has 0 aliphatic carbocycles. The van der Waals surface area contributed by atoms with Gasteiger partial charge in [-0.1, -0.05) is 84.9 Å². The molecule has 0 N–H and O–H groups in total. The van der Waals surface area contributed by atoms with Gasteiger partial charge >= 0.3 is 0 Å². The number of ether oxygens (including phenoxy) is 2. The molecule has 54 heavy (non-hydrogen) atoms. The summed E-state index contributed by atoms with van der Waals surface area (Å²) in [5.41, 5.74) is 3.63. The number of hydrogen-bond donors (Lipinski definition) is 0. The van der Waals surface area contributed by atoms with Crippen molar-refractivity contribution in [2.75, 3.05) is 46.9 Å². The highest BCUT2D eigenvalue weighted by atomic mass is 16.5. The van der Waals surface area contributed by atoms with Crippen LogP contribution in [-0.2, 0) is 24.4 Å². The van der Waals surface area contributed by atoms with Gasteiger partial charge in [0.25, 0.3) is 5.91 Å². The van der Waals surface area contributed by atoms with E-state index in [0.717, 1.165) is 56.2 Å². The zero-order valence-electron chi connectivity index (χ0n) is 32.5. The second-order valence-electron chi connectivity index (χ2n) is 14.6. The van der Waals surface area contributed by atoms with E-state index in [4.69, 9.17) is 9.47 Å². The summed E-state index contributed by atoms with van der Waals surface area (Å²) in [5.74, 6) is 1.29. The highest BCUT2D eigenvalue weighted by Crippen LogP contribution is 2.31. The van der Waals surface area contributed by atoms with Gasteiger partial charge in [-0.05, 0) is 79.8 Å². The molecule has 2 atom stereocenters. The Labute approximate surface area is 322 Å². The van der Waals surface area contributed by atoms with Crippen molar-refractivity contribution < 1.29 is 19.1 Å². The van der Waals surface area contributed by atoms with E-state index in [1.807, 2.05) is 49.4 Å². The van der Waals surface area contributed by atoms with E-state index in [2.05, 4.69) is 83.3 Å². The Kier molecular flexibility index (Phi) is 14.0. The number of imide groups is 1.